The lowest BCUT2D eigenvalue weighted by molar-refractivity contribution is 0.373. The second-order valence-electron chi connectivity index (χ2n) is 4.15. The maximum absolute atomic E-state index is 6.25. The van der Waals surface area contributed by atoms with Crippen LogP contribution in [0, 0.1) is 0 Å². The highest BCUT2D eigenvalue weighted by Gasteiger charge is 2.36. The standard InChI is InChI=1S/C10H12N4OS.ClH/c11-10(3-1-2-4-10)9-13-8(15-14-9)7-5-12-6-16-7;/h5-6H,1-4,11H2;1H. The van der Waals surface area contributed by atoms with Crippen LogP contribution in [0.1, 0.15) is 31.5 Å². The Bertz CT molecular complexity index is 478. The number of halogens is 1. The Morgan fingerprint density at radius 1 is 1.35 bits per heavy atom. The van der Waals surface area contributed by atoms with Gasteiger partial charge in [-0.3, -0.25) is 4.98 Å². The molecule has 7 heteroatoms. The van der Waals surface area contributed by atoms with Crippen molar-refractivity contribution in [1.82, 2.24) is 15.1 Å². The maximum Gasteiger partial charge on any atom is 0.269 e. The monoisotopic (exact) mass is 272 g/mol. The van der Waals surface area contributed by atoms with Crippen LogP contribution in [0.15, 0.2) is 16.2 Å². The van der Waals surface area contributed by atoms with E-state index >= 15 is 0 Å². The molecular weight excluding hydrogens is 260 g/mol. The van der Waals surface area contributed by atoms with Gasteiger partial charge in [-0.15, -0.1) is 23.7 Å². The van der Waals surface area contributed by atoms with Gasteiger partial charge >= 0.3 is 0 Å². The van der Waals surface area contributed by atoms with Gasteiger partial charge < -0.3 is 10.3 Å². The van der Waals surface area contributed by atoms with Crippen LogP contribution in [0.5, 0.6) is 0 Å². The molecule has 0 aliphatic heterocycles. The van der Waals surface area contributed by atoms with Gasteiger partial charge in [-0.25, -0.2) is 0 Å². The molecule has 1 aliphatic rings. The average molecular weight is 273 g/mol. The van der Waals surface area contributed by atoms with E-state index < -0.39 is 0 Å². The van der Waals surface area contributed by atoms with E-state index in [1.807, 2.05) is 0 Å². The Morgan fingerprint density at radius 3 is 2.76 bits per heavy atom. The molecule has 0 amide bonds. The summed E-state index contributed by atoms with van der Waals surface area (Å²) in [6, 6.07) is 0. The number of aromatic nitrogens is 3. The largest absolute Gasteiger partial charge is 0.333 e. The molecule has 2 aromatic rings. The van der Waals surface area contributed by atoms with Crippen molar-refractivity contribution in [3.8, 4) is 10.8 Å². The van der Waals surface area contributed by atoms with E-state index in [1.54, 1.807) is 11.7 Å². The van der Waals surface area contributed by atoms with Crippen LogP contribution in [0.25, 0.3) is 10.8 Å². The number of nitrogens with zero attached hydrogens (tertiary/aromatic N) is 3. The van der Waals surface area contributed by atoms with Crippen LogP contribution < -0.4 is 5.73 Å². The van der Waals surface area contributed by atoms with Crippen LogP contribution in [0.4, 0.5) is 0 Å². The second kappa shape index (κ2) is 4.72. The van der Waals surface area contributed by atoms with Crippen LogP contribution in [0.2, 0.25) is 0 Å². The summed E-state index contributed by atoms with van der Waals surface area (Å²) in [4.78, 5) is 9.25. The van der Waals surface area contributed by atoms with Gasteiger partial charge in [0.05, 0.1) is 17.2 Å². The molecule has 0 unspecified atom stereocenters. The average Bonchev–Trinajstić information content (AvgIpc) is 2.98. The van der Waals surface area contributed by atoms with Crippen molar-refractivity contribution in [2.75, 3.05) is 0 Å². The van der Waals surface area contributed by atoms with Crippen LogP contribution >= 0.6 is 23.7 Å². The van der Waals surface area contributed by atoms with Crippen molar-refractivity contribution in [3.63, 3.8) is 0 Å². The maximum atomic E-state index is 6.25. The molecule has 1 fully saturated rings. The molecule has 2 N–H and O–H groups in total. The topological polar surface area (TPSA) is 77.8 Å². The summed E-state index contributed by atoms with van der Waals surface area (Å²) in [5.74, 6) is 1.16. The summed E-state index contributed by atoms with van der Waals surface area (Å²) in [7, 11) is 0. The molecule has 17 heavy (non-hydrogen) atoms. The molecule has 2 heterocycles. The Labute approximate surface area is 109 Å². The Hall–Kier alpha value is -0.980. The van der Waals surface area contributed by atoms with Crippen LogP contribution in [-0.2, 0) is 5.54 Å². The van der Waals surface area contributed by atoms with Gasteiger partial charge in [0.25, 0.3) is 5.89 Å². The quantitative estimate of drug-likeness (QED) is 0.908. The van der Waals surface area contributed by atoms with Crippen molar-refractivity contribution in [2.24, 2.45) is 5.73 Å². The predicted octanol–water partition coefficient (Wildman–Crippen LogP) is 2.34. The van der Waals surface area contributed by atoms with Crippen LogP contribution in [-0.4, -0.2) is 15.1 Å². The SMILES string of the molecule is Cl.NC1(c2noc(-c3cncs3)n2)CCCC1. The molecule has 0 saturated heterocycles. The van der Waals surface area contributed by atoms with E-state index in [0.29, 0.717) is 11.7 Å². The third kappa shape index (κ3) is 2.20. The molecule has 0 spiro atoms. The van der Waals surface area contributed by atoms with Gasteiger partial charge in [-0.2, -0.15) is 4.98 Å². The summed E-state index contributed by atoms with van der Waals surface area (Å²) in [5, 5.41) is 3.99. The van der Waals surface area contributed by atoms with Gasteiger partial charge in [0, 0.05) is 0 Å². The third-order valence-corrected chi connectivity index (χ3v) is 3.77. The number of hydrogen-bond acceptors (Lipinski definition) is 6. The fraction of sp³-hybridized carbons (Fsp3) is 0.500. The Kier molecular flexibility index (Phi) is 3.46. The summed E-state index contributed by atoms with van der Waals surface area (Å²) in [6.45, 7) is 0. The van der Waals surface area contributed by atoms with E-state index in [1.165, 1.54) is 11.3 Å². The molecule has 1 saturated carbocycles. The minimum absolute atomic E-state index is 0. The number of rotatable bonds is 2. The number of nitrogens with two attached hydrogens (primary N) is 1. The fourth-order valence-electron chi connectivity index (χ4n) is 2.08. The van der Waals surface area contributed by atoms with E-state index in [2.05, 4.69) is 15.1 Å². The summed E-state index contributed by atoms with van der Waals surface area (Å²) < 4.78 is 5.22. The van der Waals surface area contributed by atoms with Crippen molar-refractivity contribution < 1.29 is 4.52 Å². The Morgan fingerprint density at radius 2 is 2.12 bits per heavy atom. The molecule has 1 aliphatic carbocycles. The van der Waals surface area contributed by atoms with Crippen molar-refractivity contribution >= 4 is 23.7 Å². The summed E-state index contributed by atoms with van der Waals surface area (Å²) in [5.41, 5.74) is 7.61. The molecule has 0 radical (unpaired) electrons. The lowest BCUT2D eigenvalue weighted by Gasteiger charge is -2.17. The van der Waals surface area contributed by atoms with E-state index in [9.17, 15) is 0 Å². The van der Waals surface area contributed by atoms with Gasteiger partial charge in [0.15, 0.2) is 5.82 Å². The van der Waals surface area contributed by atoms with Crippen molar-refractivity contribution in [3.05, 3.63) is 17.5 Å². The van der Waals surface area contributed by atoms with Crippen molar-refractivity contribution in [2.45, 2.75) is 31.2 Å². The highest BCUT2D eigenvalue weighted by molar-refractivity contribution is 7.13. The number of hydrogen-bond donors (Lipinski definition) is 1. The molecule has 0 aromatic carbocycles. The van der Waals surface area contributed by atoms with Gasteiger partial charge in [0.1, 0.15) is 4.88 Å². The molecule has 3 rings (SSSR count). The summed E-state index contributed by atoms with van der Waals surface area (Å²) >= 11 is 1.48. The lowest BCUT2D eigenvalue weighted by atomic mass is 9.99. The lowest BCUT2D eigenvalue weighted by Crippen LogP contribution is -2.34. The van der Waals surface area contributed by atoms with E-state index in [4.69, 9.17) is 10.3 Å². The zero-order chi connectivity index (χ0) is 11.0. The predicted molar refractivity (Wildman–Crippen MR) is 67.0 cm³/mol. The smallest absolute Gasteiger partial charge is 0.269 e. The van der Waals surface area contributed by atoms with E-state index in [-0.39, 0.29) is 17.9 Å². The first kappa shape index (κ1) is 12.5. The zero-order valence-electron chi connectivity index (χ0n) is 9.13. The first-order valence-corrected chi connectivity index (χ1v) is 6.18. The molecule has 92 valence electrons. The van der Waals surface area contributed by atoms with Gasteiger partial charge in [-0.05, 0) is 12.8 Å². The third-order valence-electron chi connectivity index (χ3n) is 3.01. The Balaban J connectivity index is 0.00000108. The molecular formula is C10H13ClN4OS. The van der Waals surface area contributed by atoms with Crippen molar-refractivity contribution in [1.29, 1.82) is 0 Å². The molecule has 5 nitrogen and oxygen atoms in total. The van der Waals surface area contributed by atoms with Crippen LogP contribution in [0.3, 0.4) is 0 Å². The molecule has 2 aromatic heterocycles. The summed E-state index contributed by atoms with van der Waals surface area (Å²) in [6.07, 6.45) is 5.88. The number of thiazole rings is 1. The fourth-order valence-corrected chi connectivity index (χ4v) is 2.62. The van der Waals surface area contributed by atoms with E-state index in [0.717, 1.165) is 30.6 Å². The molecule has 0 atom stereocenters. The minimum atomic E-state index is -0.383. The van der Waals surface area contributed by atoms with Gasteiger partial charge in [-0.1, -0.05) is 18.0 Å². The minimum Gasteiger partial charge on any atom is -0.333 e. The highest BCUT2D eigenvalue weighted by atomic mass is 35.5. The first-order valence-electron chi connectivity index (χ1n) is 5.30. The van der Waals surface area contributed by atoms with Gasteiger partial charge in [0.2, 0.25) is 0 Å². The second-order valence-corrected chi connectivity index (χ2v) is 5.04. The zero-order valence-corrected chi connectivity index (χ0v) is 10.8. The normalized spacial score (nSPS) is 17.9. The first-order chi connectivity index (χ1) is 7.78. The highest BCUT2D eigenvalue weighted by Crippen LogP contribution is 2.35. The molecule has 0 bridgehead atoms.